The normalized spacial score (nSPS) is 15.8. The number of benzene rings is 1. The number of rotatable bonds is 6. The van der Waals surface area contributed by atoms with Gasteiger partial charge < -0.3 is 10.1 Å². The highest BCUT2D eigenvalue weighted by atomic mass is 32.1. The van der Waals surface area contributed by atoms with Crippen molar-refractivity contribution >= 4 is 22.2 Å². The van der Waals surface area contributed by atoms with E-state index in [1.807, 2.05) is 42.7 Å². The quantitative estimate of drug-likeness (QED) is 0.659. The number of amides is 1. The molecule has 3 aromatic rings. The average Bonchev–Trinajstić information content (AvgIpc) is 3.18. The maximum absolute atomic E-state index is 12.9. The van der Waals surface area contributed by atoms with Gasteiger partial charge in [0.05, 0.1) is 19.3 Å². The number of pyridine rings is 1. The first kappa shape index (κ1) is 19.8. The number of hydrogen-bond donors (Lipinski definition) is 1. The molecule has 4 rings (SSSR count). The van der Waals surface area contributed by atoms with Crippen LogP contribution in [0.1, 0.15) is 39.3 Å². The van der Waals surface area contributed by atoms with Crippen LogP contribution in [0, 0.1) is 0 Å². The van der Waals surface area contributed by atoms with Crippen LogP contribution in [0.2, 0.25) is 0 Å². The molecule has 1 aromatic carbocycles. The van der Waals surface area contributed by atoms with Gasteiger partial charge in [0.2, 0.25) is 0 Å². The molecule has 1 aliphatic rings. The first-order chi connectivity index (χ1) is 14.3. The second kappa shape index (κ2) is 9.31. The molecule has 29 heavy (non-hydrogen) atoms. The minimum atomic E-state index is -0.0770. The molecule has 6 heteroatoms. The number of thiophene rings is 1. The molecule has 0 aliphatic carbocycles. The molecule has 1 saturated heterocycles. The number of aromatic nitrogens is 1. The Morgan fingerprint density at radius 3 is 2.59 bits per heavy atom. The minimum absolute atomic E-state index is 0.0597. The largest absolute Gasteiger partial charge is 0.379 e. The van der Waals surface area contributed by atoms with Gasteiger partial charge in [-0.25, -0.2) is 0 Å². The Morgan fingerprint density at radius 2 is 1.90 bits per heavy atom. The molecular weight excluding hydrogens is 382 g/mol. The second-order valence-electron chi connectivity index (χ2n) is 7.00. The topological polar surface area (TPSA) is 54.5 Å². The van der Waals surface area contributed by atoms with Gasteiger partial charge in [-0.2, -0.15) is 0 Å². The SMILES string of the molecule is CCc1cc([C@H](c2ccncc2)N2CCOCC2)c(NC(=O)c2ccccc2)s1. The molecule has 150 valence electrons. The van der Waals surface area contributed by atoms with E-state index in [2.05, 4.69) is 40.3 Å². The number of ether oxygens (including phenoxy) is 1. The summed E-state index contributed by atoms with van der Waals surface area (Å²) >= 11 is 1.66. The van der Waals surface area contributed by atoms with Gasteiger partial charge in [0, 0.05) is 41.5 Å². The van der Waals surface area contributed by atoms with Crippen LogP contribution in [0.15, 0.2) is 60.9 Å². The van der Waals surface area contributed by atoms with Gasteiger partial charge in [-0.05, 0) is 42.3 Å². The van der Waals surface area contributed by atoms with Crippen LogP contribution in [-0.2, 0) is 11.2 Å². The lowest BCUT2D eigenvalue weighted by Crippen LogP contribution is -2.39. The lowest BCUT2D eigenvalue weighted by molar-refractivity contribution is 0.0241. The van der Waals surface area contributed by atoms with Crippen molar-refractivity contribution in [3.8, 4) is 0 Å². The summed E-state index contributed by atoms with van der Waals surface area (Å²) in [5.41, 5.74) is 2.98. The maximum Gasteiger partial charge on any atom is 0.256 e. The molecule has 1 atom stereocenters. The molecular formula is C23H25N3O2S. The summed E-state index contributed by atoms with van der Waals surface area (Å²) in [7, 11) is 0. The van der Waals surface area contributed by atoms with E-state index < -0.39 is 0 Å². The number of nitrogens with one attached hydrogen (secondary N) is 1. The summed E-state index contributed by atoms with van der Waals surface area (Å²) in [6.07, 6.45) is 4.60. The molecule has 0 saturated carbocycles. The van der Waals surface area contributed by atoms with Crippen molar-refractivity contribution < 1.29 is 9.53 Å². The van der Waals surface area contributed by atoms with Crippen molar-refractivity contribution in [3.05, 3.63) is 82.5 Å². The van der Waals surface area contributed by atoms with Crippen molar-refractivity contribution in [2.75, 3.05) is 31.6 Å². The monoisotopic (exact) mass is 407 g/mol. The number of carbonyl (C=O) groups is 1. The minimum Gasteiger partial charge on any atom is -0.379 e. The zero-order valence-electron chi connectivity index (χ0n) is 16.5. The Kier molecular flexibility index (Phi) is 6.34. The van der Waals surface area contributed by atoms with Crippen LogP contribution < -0.4 is 5.32 Å². The molecule has 2 aromatic heterocycles. The Bertz CT molecular complexity index is 937. The van der Waals surface area contributed by atoms with Crippen LogP contribution in [0.5, 0.6) is 0 Å². The maximum atomic E-state index is 12.9. The van der Waals surface area contributed by atoms with Gasteiger partial charge in [-0.3, -0.25) is 14.7 Å². The Labute approximate surface area is 175 Å². The summed E-state index contributed by atoms with van der Waals surface area (Å²) in [5, 5.41) is 4.10. The van der Waals surface area contributed by atoms with Crippen LogP contribution in [-0.4, -0.2) is 42.1 Å². The summed E-state index contributed by atoms with van der Waals surface area (Å²) < 4.78 is 5.58. The molecule has 1 N–H and O–H groups in total. The molecule has 1 aliphatic heterocycles. The van der Waals surface area contributed by atoms with E-state index in [4.69, 9.17) is 4.74 Å². The molecule has 5 nitrogen and oxygen atoms in total. The molecule has 1 amide bonds. The molecule has 0 spiro atoms. The van der Waals surface area contributed by atoms with E-state index in [1.165, 1.54) is 10.4 Å². The lowest BCUT2D eigenvalue weighted by atomic mass is 9.98. The summed E-state index contributed by atoms with van der Waals surface area (Å²) in [6, 6.07) is 15.8. The van der Waals surface area contributed by atoms with Crippen molar-refractivity contribution in [1.29, 1.82) is 0 Å². The third-order valence-corrected chi connectivity index (χ3v) is 6.36. The Hall–Kier alpha value is -2.54. The molecule has 1 fully saturated rings. The summed E-state index contributed by atoms with van der Waals surface area (Å²) in [5.74, 6) is -0.0770. The number of carbonyl (C=O) groups excluding carboxylic acids is 1. The van der Waals surface area contributed by atoms with Gasteiger partial charge in [0.15, 0.2) is 0 Å². The van der Waals surface area contributed by atoms with Gasteiger partial charge in [-0.1, -0.05) is 25.1 Å². The molecule has 0 unspecified atom stereocenters. The Balaban J connectivity index is 1.72. The first-order valence-electron chi connectivity index (χ1n) is 9.97. The zero-order valence-corrected chi connectivity index (χ0v) is 17.3. The van der Waals surface area contributed by atoms with Gasteiger partial charge in [-0.15, -0.1) is 11.3 Å². The standard InChI is InChI=1S/C23H25N3O2S/c1-2-19-16-20(23(29-19)25-22(27)18-6-4-3-5-7-18)21(17-8-10-24-11-9-17)26-12-14-28-15-13-26/h3-11,16,21H,2,12-15H2,1H3,(H,25,27)/t21-/m0/s1. The number of anilines is 1. The van der Waals surface area contributed by atoms with Crippen molar-refractivity contribution in [3.63, 3.8) is 0 Å². The number of nitrogens with zero attached hydrogens (tertiary/aromatic N) is 2. The van der Waals surface area contributed by atoms with Gasteiger partial charge in [0.25, 0.3) is 5.91 Å². The van der Waals surface area contributed by atoms with Crippen LogP contribution in [0.25, 0.3) is 0 Å². The van der Waals surface area contributed by atoms with E-state index in [1.54, 1.807) is 11.3 Å². The highest BCUT2D eigenvalue weighted by Gasteiger charge is 2.28. The van der Waals surface area contributed by atoms with E-state index in [0.717, 1.165) is 43.3 Å². The predicted molar refractivity (Wildman–Crippen MR) is 117 cm³/mol. The third kappa shape index (κ3) is 4.56. The van der Waals surface area contributed by atoms with Crippen LogP contribution in [0.3, 0.4) is 0 Å². The fourth-order valence-electron chi connectivity index (χ4n) is 3.67. The third-order valence-electron chi connectivity index (χ3n) is 5.15. The van der Waals surface area contributed by atoms with E-state index in [9.17, 15) is 4.79 Å². The smallest absolute Gasteiger partial charge is 0.256 e. The second-order valence-corrected chi connectivity index (χ2v) is 8.14. The molecule has 3 heterocycles. The van der Waals surface area contributed by atoms with Gasteiger partial charge in [0.1, 0.15) is 5.00 Å². The zero-order chi connectivity index (χ0) is 20.1. The average molecular weight is 408 g/mol. The molecule has 0 bridgehead atoms. The van der Waals surface area contributed by atoms with E-state index in [-0.39, 0.29) is 11.9 Å². The van der Waals surface area contributed by atoms with Crippen LogP contribution in [0.4, 0.5) is 5.00 Å². The number of morpholine rings is 1. The first-order valence-corrected chi connectivity index (χ1v) is 10.8. The number of aryl methyl sites for hydroxylation is 1. The summed E-state index contributed by atoms with van der Waals surface area (Å²) in [6.45, 7) is 5.30. The predicted octanol–water partition coefficient (Wildman–Crippen LogP) is 4.38. The molecule has 0 radical (unpaired) electrons. The van der Waals surface area contributed by atoms with E-state index in [0.29, 0.717) is 5.56 Å². The fourth-order valence-corrected chi connectivity index (χ4v) is 4.69. The summed E-state index contributed by atoms with van der Waals surface area (Å²) in [4.78, 5) is 20.7. The fraction of sp³-hybridized carbons (Fsp3) is 0.304. The highest BCUT2D eigenvalue weighted by Crippen LogP contribution is 2.39. The van der Waals surface area contributed by atoms with Crippen LogP contribution >= 0.6 is 11.3 Å². The van der Waals surface area contributed by atoms with Gasteiger partial charge >= 0.3 is 0 Å². The lowest BCUT2D eigenvalue weighted by Gasteiger charge is -2.35. The van der Waals surface area contributed by atoms with E-state index >= 15 is 0 Å². The van der Waals surface area contributed by atoms with Crippen molar-refractivity contribution in [2.24, 2.45) is 0 Å². The Morgan fingerprint density at radius 1 is 1.17 bits per heavy atom. The number of hydrogen-bond acceptors (Lipinski definition) is 5. The van der Waals surface area contributed by atoms with Crippen molar-refractivity contribution in [2.45, 2.75) is 19.4 Å². The highest BCUT2D eigenvalue weighted by molar-refractivity contribution is 7.16. The van der Waals surface area contributed by atoms with Crippen molar-refractivity contribution in [1.82, 2.24) is 9.88 Å².